The lowest BCUT2D eigenvalue weighted by molar-refractivity contribution is 0.0651. The number of carbonyl (C=O) groups excluding carboxylic acids is 1. The normalized spacial score (nSPS) is 12.1. The van der Waals surface area contributed by atoms with Crippen LogP contribution in [0.2, 0.25) is 0 Å². The van der Waals surface area contributed by atoms with Gasteiger partial charge in [-0.25, -0.2) is 4.79 Å². The molecule has 1 rings (SSSR count). The number of rotatable bonds is 7. The lowest BCUT2D eigenvalue weighted by atomic mass is 10.1. The van der Waals surface area contributed by atoms with Gasteiger partial charge in [0.05, 0.1) is 0 Å². The number of carboxylic acid groups (broad SMARTS) is 1. The van der Waals surface area contributed by atoms with Gasteiger partial charge in [-0.2, -0.15) is 0 Å². The summed E-state index contributed by atoms with van der Waals surface area (Å²) in [5, 5.41) is 14.8. The van der Waals surface area contributed by atoms with Gasteiger partial charge in [0.2, 0.25) is 5.76 Å². The number of nitrogens with zero attached hydrogens (tertiary/aromatic N) is 1. The standard InChI is InChI=1S/C12H18N2O4/c1-3-4-5-6-8(2)13-11(15)9-7-10(12(16)17)18-14-9/h7-8H,3-6H2,1-2H3,(H,13,15)(H,16,17). The number of aromatic nitrogens is 1. The molecule has 0 aliphatic rings. The molecule has 0 fully saturated rings. The summed E-state index contributed by atoms with van der Waals surface area (Å²) in [6.45, 7) is 4.03. The van der Waals surface area contributed by atoms with Crippen LogP contribution >= 0.6 is 0 Å². The monoisotopic (exact) mass is 254 g/mol. The van der Waals surface area contributed by atoms with Crippen molar-refractivity contribution in [2.75, 3.05) is 0 Å². The lowest BCUT2D eigenvalue weighted by Gasteiger charge is -2.11. The minimum absolute atomic E-state index is 0.00487. The topological polar surface area (TPSA) is 92.4 Å². The van der Waals surface area contributed by atoms with Crippen LogP contribution in [0.15, 0.2) is 10.6 Å². The van der Waals surface area contributed by atoms with E-state index in [0.29, 0.717) is 0 Å². The molecule has 1 atom stereocenters. The predicted octanol–water partition coefficient (Wildman–Crippen LogP) is 2.07. The van der Waals surface area contributed by atoms with Gasteiger partial charge < -0.3 is 14.9 Å². The first-order valence-electron chi connectivity index (χ1n) is 6.05. The molecule has 0 saturated heterocycles. The van der Waals surface area contributed by atoms with Gasteiger partial charge in [-0.05, 0) is 13.3 Å². The number of nitrogens with one attached hydrogen (secondary N) is 1. The highest BCUT2D eigenvalue weighted by atomic mass is 16.5. The molecule has 1 unspecified atom stereocenters. The number of aromatic carboxylic acids is 1. The Bertz CT molecular complexity index is 414. The van der Waals surface area contributed by atoms with E-state index < -0.39 is 11.9 Å². The molecule has 6 nitrogen and oxygen atoms in total. The summed E-state index contributed by atoms with van der Waals surface area (Å²) in [7, 11) is 0. The highest BCUT2D eigenvalue weighted by Gasteiger charge is 2.17. The maximum atomic E-state index is 11.7. The van der Waals surface area contributed by atoms with E-state index in [-0.39, 0.29) is 17.5 Å². The SMILES string of the molecule is CCCCCC(C)NC(=O)c1cc(C(=O)O)on1. The average molecular weight is 254 g/mol. The quantitative estimate of drug-likeness (QED) is 0.726. The van der Waals surface area contributed by atoms with Gasteiger partial charge in [0.25, 0.3) is 5.91 Å². The molecule has 1 amide bonds. The van der Waals surface area contributed by atoms with Crippen LogP contribution in [0.3, 0.4) is 0 Å². The first kappa shape index (κ1) is 14.2. The lowest BCUT2D eigenvalue weighted by Crippen LogP contribution is -2.32. The summed E-state index contributed by atoms with van der Waals surface area (Å²) < 4.78 is 4.52. The van der Waals surface area contributed by atoms with Crippen LogP contribution in [0.5, 0.6) is 0 Å². The van der Waals surface area contributed by atoms with Crippen molar-refractivity contribution >= 4 is 11.9 Å². The van der Waals surface area contributed by atoms with E-state index in [1.807, 2.05) is 6.92 Å². The van der Waals surface area contributed by atoms with Crippen LogP contribution in [0.25, 0.3) is 0 Å². The molecule has 0 spiro atoms. The zero-order valence-corrected chi connectivity index (χ0v) is 10.6. The maximum Gasteiger partial charge on any atom is 0.374 e. The third-order valence-electron chi connectivity index (χ3n) is 2.57. The first-order chi connectivity index (χ1) is 8.54. The number of carboxylic acids is 1. The van der Waals surface area contributed by atoms with Crippen molar-refractivity contribution in [3.8, 4) is 0 Å². The van der Waals surface area contributed by atoms with Crippen molar-refractivity contribution in [1.29, 1.82) is 0 Å². The van der Waals surface area contributed by atoms with Gasteiger partial charge in [-0.3, -0.25) is 4.79 Å². The number of hydrogen-bond donors (Lipinski definition) is 2. The smallest absolute Gasteiger partial charge is 0.374 e. The summed E-state index contributed by atoms with van der Waals surface area (Å²) in [6.07, 6.45) is 4.21. The molecule has 2 N–H and O–H groups in total. The minimum atomic E-state index is -1.24. The Hall–Kier alpha value is -1.85. The fourth-order valence-corrected chi connectivity index (χ4v) is 1.55. The van der Waals surface area contributed by atoms with E-state index in [2.05, 4.69) is 21.9 Å². The summed E-state index contributed by atoms with van der Waals surface area (Å²) in [5.41, 5.74) is -0.00487. The molecule has 0 bridgehead atoms. The zero-order chi connectivity index (χ0) is 13.5. The molecule has 18 heavy (non-hydrogen) atoms. The fraction of sp³-hybridized carbons (Fsp3) is 0.583. The first-order valence-corrected chi connectivity index (χ1v) is 6.05. The fourth-order valence-electron chi connectivity index (χ4n) is 1.55. The van der Waals surface area contributed by atoms with Crippen molar-refractivity contribution in [3.05, 3.63) is 17.5 Å². The molecular formula is C12H18N2O4. The minimum Gasteiger partial charge on any atom is -0.475 e. The number of carbonyl (C=O) groups is 2. The second kappa shape index (κ2) is 6.78. The van der Waals surface area contributed by atoms with Gasteiger partial charge >= 0.3 is 5.97 Å². The molecule has 0 aliphatic heterocycles. The van der Waals surface area contributed by atoms with E-state index >= 15 is 0 Å². The molecule has 0 aromatic carbocycles. The van der Waals surface area contributed by atoms with Crippen LogP contribution in [0.4, 0.5) is 0 Å². The summed E-state index contributed by atoms with van der Waals surface area (Å²) >= 11 is 0. The van der Waals surface area contributed by atoms with Gasteiger partial charge in [-0.1, -0.05) is 31.3 Å². The summed E-state index contributed by atoms with van der Waals surface area (Å²) in [4.78, 5) is 22.3. The molecule has 0 aliphatic carbocycles. The van der Waals surface area contributed by atoms with E-state index in [0.717, 1.165) is 31.7 Å². The molecular weight excluding hydrogens is 236 g/mol. The largest absolute Gasteiger partial charge is 0.475 e. The molecule has 1 heterocycles. The molecule has 0 saturated carbocycles. The average Bonchev–Trinajstić information content (AvgIpc) is 2.78. The molecule has 6 heteroatoms. The summed E-state index contributed by atoms with van der Waals surface area (Å²) in [5.74, 6) is -1.98. The second-order valence-electron chi connectivity index (χ2n) is 4.25. The highest BCUT2D eigenvalue weighted by Crippen LogP contribution is 2.06. The van der Waals surface area contributed by atoms with Crippen molar-refractivity contribution in [2.45, 2.75) is 45.6 Å². The Kier molecular flexibility index (Phi) is 5.35. The van der Waals surface area contributed by atoms with Gasteiger partial charge in [0, 0.05) is 12.1 Å². The van der Waals surface area contributed by atoms with Crippen LogP contribution in [-0.4, -0.2) is 28.2 Å². The Balaban J connectivity index is 2.46. The molecule has 0 radical (unpaired) electrons. The van der Waals surface area contributed by atoms with Crippen LogP contribution < -0.4 is 5.32 Å². The Labute approximate surface area is 105 Å². The van der Waals surface area contributed by atoms with Crippen molar-refractivity contribution in [2.24, 2.45) is 0 Å². The number of amides is 1. The third kappa shape index (κ3) is 4.20. The van der Waals surface area contributed by atoms with E-state index in [1.54, 1.807) is 0 Å². The van der Waals surface area contributed by atoms with Crippen molar-refractivity contribution in [1.82, 2.24) is 10.5 Å². The predicted molar refractivity (Wildman–Crippen MR) is 64.5 cm³/mol. The second-order valence-corrected chi connectivity index (χ2v) is 4.25. The number of hydrogen-bond acceptors (Lipinski definition) is 4. The van der Waals surface area contributed by atoms with Gasteiger partial charge in [0.1, 0.15) is 0 Å². The van der Waals surface area contributed by atoms with Crippen LogP contribution in [0.1, 0.15) is 60.6 Å². The van der Waals surface area contributed by atoms with Crippen molar-refractivity contribution in [3.63, 3.8) is 0 Å². The molecule has 100 valence electrons. The van der Waals surface area contributed by atoms with Gasteiger partial charge in [-0.15, -0.1) is 0 Å². The van der Waals surface area contributed by atoms with E-state index in [4.69, 9.17) is 5.11 Å². The Morgan fingerprint density at radius 2 is 2.22 bits per heavy atom. The van der Waals surface area contributed by atoms with E-state index in [1.165, 1.54) is 0 Å². The molecule has 1 aromatic rings. The van der Waals surface area contributed by atoms with Crippen LogP contribution in [-0.2, 0) is 0 Å². The van der Waals surface area contributed by atoms with E-state index in [9.17, 15) is 9.59 Å². The highest BCUT2D eigenvalue weighted by molar-refractivity contribution is 5.94. The van der Waals surface area contributed by atoms with Gasteiger partial charge in [0.15, 0.2) is 5.69 Å². The maximum absolute atomic E-state index is 11.7. The van der Waals surface area contributed by atoms with Crippen molar-refractivity contribution < 1.29 is 19.2 Å². The summed E-state index contributed by atoms with van der Waals surface area (Å²) in [6, 6.07) is 1.16. The van der Waals surface area contributed by atoms with Crippen LogP contribution in [0, 0.1) is 0 Å². The number of unbranched alkanes of at least 4 members (excludes halogenated alkanes) is 2. The third-order valence-corrected chi connectivity index (χ3v) is 2.57. The molecule has 1 aromatic heterocycles. The Morgan fingerprint density at radius 1 is 1.50 bits per heavy atom. The Morgan fingerprint density at radius 3 is 2.78 bits per heavy atom. The zero-order valence-electron chi connectivity index (χ0n) is 10.6.